The molecule has 0 saturated carbocycles. The van der Waals surface area contributed by atoms with Crippen LogP contribution < -0.4 is 5.32 Å². The van der Waals surface area contributed by atoms with Gasteiger partial charge in [0.1, 0.15) is 6.04 Å². The maximum absolute atomic E-state index is 13.4. The molecule has 0 unspecified atom stereocenters. The fourth-order valence-corrected chi connectivity index (χ4v) is 4.09. The van der Waals surface area contributed by atoms with Crippen molar-refractivity contribution in [3.63, 3.8) is 0 Å². The first-order chi connectivity index (χ1) is 15.8. The fourth-order valence-electron chi connectivity index (χ4n) is 3.77. The Morgan fingerprint density at radius 3 is 2.39 bits per heavy atom. The molecule has 0 heterocycles. The summed E-state index contributed by atoms with van der Waals surface area (Å²) in [4.78, 5) is 27.8. The Hall–Kier alpha value is -2.56. The zero-order valence-corrected chi connectivity index (χ0v) is 20.8. The number of fused-ring (bicyclic) bond motifs is 1. The molecule has 1 N–H and O–H groups in total. The van der Waals surface area contributed by atoms with Gasteiger partial charge in [0, 0.05) is 19.5 Å². The summed E-state index contributed by atoms with van der Waals surface area (Å²) in [6, 6.07) is 19.0. The molecule has 174 valence electrons. The second-order valence-corrected chi connectivity index (χ2v) is 9.54. The van der Waals surface area contributed by atoms with E-state index in [-0.39, 0.29) is 18.4 Å². The van der Waals surface area contributed by atoms with E-state index in [4.69, 9.17) is 23.2 Å². The molecular weight excluding hydrogens is 455 g/mol. The molecule has 3 aromatic carbocycles. The van der Waals surface area contributed by atoms with Crippen molar-refractivity contribution < 1.29 is 9.59 Å². The van der Waals surface area contributed by atoms with E-state index < -0.39 is 6.04 Å². The largest absolute Gasteiger partial charge is 0.354 e. The van der Waals surface area contributed by atoms with Crippen LogP contribution in [-0.2, 0) is 22.6 Å². The van der Waals surface area contributed by atoms with Gasteiger partial charge in [0.15, 0.2) is 0 Å². The predicted molar refractivity (Wildman–Crippen MR) is 137 cm³/mol. The zero-order valence-electron chi connectivity index (χ0n) is 19.3. The van der Waals surface area contributed by atoms with Gasteiger partial charge in [-0.2, -0.15) is 0 Å². The number of benzene rings is 3. The van der Waals surface area contributed by atoms with E-state index in [9.17, 15) is 9.59 Å². The summed E-state index contributed by atoms with van der Waals surface area (Å²) in [5.74, 6) is 0.0789. The lowest BCUT2D eigenvalue weighted by Gasteiger charge is -2.29. The van der Waals surface area contributed by atoms with E-state index in [1.807, 2.05) is 38.1 Å². The van der Waals surface area contributed by atoms with Gasteiger partial charge in [-0.3, -0.25) is 9.59 Å². The average molecular weight is 485 g/mol. The second kappa shape index (κ2) is 11.5. The van der Waals surface area contributed by atoms with Crippen molar-refractivity contribution in [1.29, 1.82) is 0 Å². The SMILES string of the molecule is CC(C)CNC(=O)[C@H](C)N(Cc1ccc(Cl)c(Cl)c1)C(=O)CCc1cccc2ccccc12. The third-order valence-corrected chi connectivity index (χ3v) is 6.42. The first-order valence-corrected chi connectivity index (χ1v) is 12.0. The van der Waals surface area contributed by atoms with Crippen LogP contribution in [0.15, 0.2) is 60.7 Å². The van der Waals surface area contributed by atoms with E-state index in [0.29, 0.717) is 35.3 Å². The Morgan fingerprint density at radius 1 is 0.939 bits per heavy atom. The highest BCUT2D eigenvalue weighted by atomic mass is 35.5. The highest BCUT2D eigenvalue weighted by Gasteiger charge is 2.26. The number of carbonyl (C=O) groups is 2. The van der Waals surface area contributed by atoms with Crippen molar-refractivity contribution in [3.8, 4) is 0 Å². The third kappa shape index (κ3) is 6.72. The molecule has 0 aliphatic heterocycles. The molecular formula is C27H30Cl2N2O2. The molecule has 33 heavy (non-hydrogen) atoms. The lowest BCUT2D eigenvalue weighted by atomic mass is 10.0. The predicted octanol–water partition coefficient (Wildman–Crippen LogP) is 6.27. The normalized spacial score (nSPS) is 12.1. The molecule has 4 nitrogen and oxygen atoms in total. The summed E-state index contributed by atoms with van der Waals surface area (Å²) in [6.07, 6.45) is 0.898. The molecule has 2 amide bonds. The Balaban J connectivity index is 1.79. The highest BCUT2D eigenvalue weighted by molar-refractivity contribution is 6.42. The molecule has 0 aromatic heterocycles. The van der Waals surface area contributed by atoms with Crippen molar-refractivity contribution in [2.45, 2.75) is 46.2 Å². The number of rotatable bonds is 9. The van der Waals surface area contributed by atoms with Crippen LogP contribution in [0.25, 0.3) is 10.8 Å². The first kappa shape index (κ1) is 25.1. The lowest BCUT2D eigenvalue weighted by Crippen LogP contribution is -2.48. The Morgan fingerprint density at radius 2 is 1.67 bits per heavy atom. The van der Waals surface area contributed by atoms with Crippen LogP contribution in [0.2, 0.25) is 10.0 Å². The Kier molecular flexibility index (Phi) is 8.76. The minimum absolute atomic E-state index is 0.0822. The number of aryl methyl sites for hydroxylation is 1. The van der Waals surface area contributed by atoms with E-state index in [2.05, 4.69) is 29.6 Å². The van der Waals surface area contributed by atoms with Gasteiger partial charge in [0.05, 0.1) is 10.0 Å². The summed E-state index contributed by atoms with van der Waals surface area (Å²) >= 11 is 12.2. The van der Waals surface area contributed by atoms with Crippen LogP contribution in [0.3, 0.4) is 0 Å². The van der Waals surface area contributed by atoms with E-state index >= 15 is 0 Å². The number of halogens is 2. The fraction of sp³-hybridized carbons (Fsp3) is 0.333. The molecule has 0 saturated heterocycles. The molecule has 1 atom stereocenters. The highest BCUT2D eigenvalue weighted by Crippen LogP contribution is 2.25. The summed E-state index contributed by atoms with van der Waals surface area (Å²) < 4.78 is 0. The maximum Gasteiger partial charge on any atom is 0.242 e. The monoisotopic (exact) mass is 484 g/mol. The average Bonchev–Trinajstić information content (AvgIpc) is 2.81. The molecule has 3 aromatic rings. The zero-order chi connectivity index (χ0) is 24.0. The van der Waals surface area contributed by atoms with Crippen LogP contribution in [-0.4, -0.2) is 29.3 Å². The number of nitrogens with one attached hydrogen (secondary N) is 1. The van der Waals surface area contributed by atoms with Crippen LogP contribution in [0, 0.1) is 5.92 Å². The van der Waals surface area contributed by atoms with Gasteiger partial charge in [-0.1, -0.05) is 85.6 Å². The minimum atomic E-state index is -0.613. The Labute approximate surface area is 205 Å². The van der Waals surface area contributed by atoms with Gasteiger partial charge in [0.2, 0.25) is 11.8 Å². The second-order valence-electron chi connectivity index (χ2n) is 8.72. The van der Waals surface area contributed by atoms with Gasteiger partial charge in [-0.25, -0.2) is 0 Å². The van der Waals surface area contributed by atoms with Crippen molar-refractivity contribution in [1.82, 2.24) is 10.2 Å². The summed E-state index contributed by atoms with van der Waals surface area (Å²) in [7, 11) is 0. The smallest absolute Gasteiger partial charge is 0.242 e. The topological polar surface area (TPSA) is 49.4 Å². The quantitative estimate of drug-likeness (QED) is 0.389. The lowest BCUT2D eigenvalue weighted by molar-refractivity contribution is -0.140. The summed E-state index contributed by atoms with van der Waals surface area (Å²) in [6.45, 7) is 6.68. The van der Waals surface area contributed by atoms with Crippen molar-refractivity contribution in [2.75, 3.05) is 6.54 Å². The standard InChI is InChI=1S/C27H30Cl2N2O2/c1-18(2)16-30-27(33)19(3)31(17-20-11-13-24(28)25(29)15-20)26(32)14-12-22-9-6-8-21-7-4-5-10-23(21)22/h4-11,13,15,18-19H,12,14,16-17H2,1-3H3,(H,30,33)/t19-/m0/s1. The van der Waals surface area contributed by atoms with Crippen molar-refractivity contribution in [3.05, 3.63) is 81.8 Å². The molecule has 0 radical (unpaired) electrons. The minimum Gasteiger partial charge on any atom is -0.354 e. The van der Waals surface area contributed by atoms with Gasteiger partial charge in [-0.05, 0) is 53.3 Å². The van der Waals surface area contributed by atoms with Crippen molar-refractivity contribution in [2.24, 2.45) is 5.92 Å². The molecule has 0 aliphatic rings. The van der Waals surface area contributed by atoms with Crippen LogP contribution in [0.1, 0.15) is 38.3 Å². The van der Waals surface area contributed by atoms with E-state index in [1.54, 1.807) is 24.0 Å². The van der Waals surface area contributed by atoms with Gasteiger partial charge < -0.3 is 10.2 Å². The summed E-state index contributed by atoms with van der Waals surface area (Å²) in [5.41, 5.74) is 1.94. The Bertz CT molecular complexity index is 1120. The molecule has 6 heteroatoms. The van der Waals surface area contributed by atoms with Gasteiger partial charge >= 0.3 is 0 Å². The molecule has 0 spiro atoms. The molecule has 0 bridgehead atoms. The molecule has 0 fully saturated rings. The van der Waals surface area contributed by atoms with Crippen LogP contribution in [0.5, 0.6) is 0 Å². The number of amides is 2. The maximum atomic E-state index is 13.4. The van der Waals surface area contributed by atoms with Gasteiger partial charge in [-0.15, -0.1) is 0 Å². The molecule has 0 aliphatic carbocycles. The third-order valence-electron chi connectivity index (χ3n) is 5.68. The summed E-state index contributed by atoms with van der Waals surface area (Å²) in [5, 5.41) is 6.12. The van der Waals surface area contributed by atoms with E-state index in [1.165, 1.54) is 0 Å². The molecule has 3 rings (SSSR count). The van der Waals surface area contributed by atoms with Crippen LogP contribution >= 0.6 is 23.2 Å². The van der Waals surface area contributed by atoms with Crippen molar-refractivity contribution >= 4 is 45.8 Å². The number of hydrogen-bond acceptors (Lipinski definition) is 2. The van der Waals surface area contributed by atoms with Crippen LogP contribution in [0.4, 0.5) is 0 Å². The number of hydrogen-bond donors (Lipinski definition) is 1. The number of nitrogens with zero attached hydrogens (tertiary/aromatic N) is 1. The van der Waals surface area contributed by atoms with E-state index in [0.717, 1.165) is 21.9 Å². The number of carbonyl (C=O) groups excluding carboxylic acids is 2. The van der Waals surface area contributed by atoms with Gasteiger partial charge in [0.25, 0.3) is 0 Å². The first-order valence-electron chi connectivity index (χ1n) is 11.2.